The van der Waals surface area contributed by atoms with Crippen molar-refractivity contribution >= 4 is 11.1 Å². The van der Waals surface area contributed by atoms with Gasteiger partial charge in [-0.25, -0.2) is 0 Å². The summed E-state index contributed by atoms with van der Waals surface area (Å²) in [5.41, 5.74) is 7.41. The molecule has 2 aromatic rings. The van der Waals surface area contributed by atoms with Crippen molar-refractivity contribution in [2.75, 3.05) is 0 Å². The number of hydrogen-bond donors (Lipinski definition) is 0. The van der Waals surface area contributed by atoms with E-state index in [9.17, 15) is 0 Å². The summed E-state index contributed by atoms with van der Waals surface area (Å²) < 4.78 is 0. The topological polar surface area (TPSA) is 0 Å². The van der Waals surface area contributed by atoms with Gasteiger partial charge in [0.1, 0.15) is 0 Å². The molecule has 0 heterocycles. The Morgan fingerprint density at radius 1 is 0.650 bits per heavy atom. The van der Waals surface area contributed by atoms with E-state index in [1.54, 1.807) is 0 Å². The summed E-state index contributed by atoms with van der Waals surface area (Å²) in [5, 5.41) is 0. The summed E-state index contributed by atoms with van der Waals surface area (Å²) in [6, 6.07) is 16.6. The SMILES string of the molecule is C=C(C)c1ccccc1C.C=C(C)c1ccccc1C. The molecule has 2 rings (SSSR count). The van der Waals surface area contributed by atoms with Gasteiger partial charge in [-0.05, 0) is 49.9 Å². The third kappa shape index (κ3) is 4.55. The Labute approximate surface area is 123 Å². The van der Waals surface area contributed by atoms with Crippen LogP contribution < -0.4 is 0 Å². The summed E-state index contributed by atoms with van der Waals surface area (Å²) in [4.78, 5) is 0. The van der Waals surface area contributed by atoms with Crippen molar-refractivity contribution in [2.24, 2.45) is 0 Å². The highest BCUT2D eigenvalue weighted by molar-refractivity contribution is 5.64. The Morgan fingerprint density at radius 2 is 0.950 bits per heavy atom. The predicted octanol–water partition coefficient (Wildman–Crippen LogP) is 6.06. The summed E-state index contributed by atoms with van der Waals surface area (Å²) in [5.74, 6) is 0. The van der Waals surface area contributed by atoms with E-state index in [1.165, 1.54) is 22.3 Å². The molecule has 0 aromatic heterocycles. The number of benzene rings is 2. The molecule has 0 amide bonds. The smallest absolute Gasteiger partial charge is 0.0204 e. The van der Waals surface area contributed by atoms with E-state index >= 15 is 0 Å². The van der Waals surface area contributed by atoms with Crippen molar-refractivity contribution in [3.05, 3.63) is 83.9 Å². The lowest BCUT2D eigenvalue weighted by Gasteiger charge is -2.02. The highest BCUT2D eigenvalue weighted by Crippen LogP contribution is 2.15. The number of rotatable bonds is 2. The molecule has 0 saturated heterocycles. The molecule has 0 radical (unpaired) electrons. The van der Waals surface area contributed by atoms with Crippen molar-refractivity contribution in [1.82, 2.24) is 0 Å². The first-order valence-electron chi connectivity index (χ1n) is 6.86. The second-order valence-electron chi connectivity index (χ2n) is 5.19. The van der Waals surface area contributed by atoms with Crippen LogP contribution in [0.3, 0.4) is 0 Å². The fourth-order valence-electron chi connectivity index (χ4n) is 2.10. The molecule has 0 bridgehead atoms. The molecule has 0 heteroatoms. The zero-order valence-electron chi connectivity index (χ0n) is 13.0. The van der Waals surface area contributed by atoms with Gasteiger partial charge in [0.25, 0.3) is 0 Å². The molecule has 2 aromatic carbocycles. The first-order valence-corrected chi connectivity index (χ1v) is 6.86. The lowest BCUT2D eigenvalue weighted by molar-refractivity contribution is 1.41. The molecule has 20 heavy (non-hydrogen) atoms. The average molecular weight is 264 g/mol. The van der Waals surface area contributed by atoms with E-state index in [4.69, 9.17) is 0 Å². The van der Waals surface area contributed by atoms with E-state index < -0.39 is 0 Å². The molecule has 0 N–H and O–H groups in total. The van der Waals surface area contributed by atoms with Crippen LogP contribution in [0.15, 0.2) is 61.7 Å². The van der Waals surface area contributed by atoms with Gasteiger partial charge in [0.05, 0.1) is 0 Å². The third-order valence-corrected chi connectivity index (χ3v) is 3.21. The Kier molecular flexibility index (Phi) is 5.99. The van der Waals surface area contributed by atoms with Crippen LogP contribution in [0.2, 0.25) is 0 Å². The van der Waals surface area contributed by atoms with Crippen LogP contribution >= 0.6 is 0 Å². The monoisotopic (exact) mass is 264 g/mol. The fraction of sp³-hybridized carbons (Fsp3) is 0.200. The minimum Gasteiger partial charge on any atom is -0.0955 e. The van der Waals surface area contributed by atoms with E-state index in [1.807, 2.05) is 38.1 Å². The highest BCUT2D eigenvalue weighted by Gasteiger charge is 1.94. The van der Waals surface area contributed by atoms with Gasteiger partial charge in [-0.3, -0.25) is 0 Å². The molecular formula is C20H24. The van der Waals surface area contributed by atoms with Gasteiger partial charge in [0.15, 0.2) is 0 Å². The summed E-state index contributed by atoms with van der Waals surface area (Å²) in [6.45, 7) is 16.0. The Morgan fingerprint density at radius 3 is 1.15 bits per heavy atom. The minimum absolute atomic E-state index is 1.14. The maximum Gasteiger partial charge on any atom is -0.0204 e. The first-order chi connectivity index (χ1) is 9.43. The maximum absolute atomic E-state index is 3.89. The first kappa shape index (κ1) is 16.0. The quantitative estimate of drug-likeness (QED) is 0.618. The highest BCUT2D eigenvalue weighted by atomic mass is 14.0. The van der Waals surface area contributed by atoms with E-state index in [-0.39, 0.29) is 0 Å². The predicted molar refractivity (Wildman–Crippen MR) is 91.8 cm³/mol. The van der Waals surface area contributed by atoms with Gasteiger partial charge < -0.3 is 0 Å². The summed E-state index contributed by atoms with van der Waals surface area (Å²) in [7, 11) is 0. The molecule has 0 aliphatic heterocycles. The molecule has 0 fully saturated rings. The molecule has 0 saturated carbocycles. The van der Waals surface area contributed by atoms with Crippen molar-refractivity contribution in [3.8, 4) is 0 Å². The molecule has 0 nitrogen and oxygen atoms in total. The van der Waals surface area contributed by atoms with Crippen LogP contribution in [-0.2, 0) is 0 Å². The molecule has 0 atom stereocenters. The van der Waals surface area contributed by atoms with Gasteiger partial charge >= 0.3 is 0 Å². The van der Waals surface area contributed by atoms with E-state index in [0.29, 0.717) is 0 Å². The lowest BCUT2D eigenvalue weighted by Crippen LogP contribution is -1.81. The van der Waals surface area contributed by atoms with Crippen molar-refractivity contribution in [2.45, 2.75) is 27.7 Å². The summed E-state index contributed by atoms with van der Waals surface area (Å²) in [6.07, 6.45) is 0. The second kappa shape index (κ2) is 7.49. The van der Waals surface area contributed by atoms with Crippen molar-refractivity contribution in [1.29, 1.82) is 0 Å². The zero-order valence-corrected chi connectivity index (χ0v) is 13.0. The van der Waals surface area contributed by atoms with E-state index in [0.717, 1.165) is 11.1 Å². The van der Waals surface area contributed by atoms with Gasteiger partial charge in [-0.1, -0.05) is 72.8 Å². The normalized spacial score (nSPS) is 9.40. The Balaban J connectivity index is 0.000000200. The van der Waals surface area contributed by atoms with E-state index in [2.05, 4.69) is 51.3 Å². The van der Waals surface area contributed by atoms with Gasteiger partial charge in [0, 0.05) is 0 Å². The fourth-order valence-corrected chi connectivity index (χ4v) is 2.10. The van der Waals surface area contributed by atoms with Crippen molar-refractivity contribution in [3.63, 3.8) is 0 Å². The molecule has 0 aliphatic rings. The average Bonchev–Trinajstić information content (AvgIpc) is 2.40. The van der Waals surface area contributed by atoms with Crippen molar-refractivity contribution < 1.29 is 0 Å². The van der Waals surface area contributed by atoms with Crippen LogP contribution in [0.25, 0.3) is 11.1 Å². The molecule has 0 aliphatic carbocycles. The van der Waals surface area contributed by atoms with Gasteiger partial charge in [-0.15, -0.1) is 0 Å². The lowest BCUT2D eigenvalue weighted by atomic mass is 10.0. The van der Waals surface area contributed by atoms with Gasteiger partial charge in [-0.2, -0.15) is 0 Å². The van der Waals surface area contributed by atoms with Crippen LogP contribution in [0, 0.1) is 13.8 Å². The van der Waals surface area contributed by atoms with Crippen LogP contribution in [-0.4, -0.2) is 0 Å². The third-order valence-electron chi connectivity index (χ3n) is 3.21. The largest absolute Gasteiger partial charge is 0.0955 e. The van der Waals surface area contributed by atoms with Crippen LogP contribution in [0.1, 0.15) is 36.1 Å². The standard InChI is InChI=1S/2C10H12/c2*1-8(2)10-7-5-4-6-9(10)3/h2*4-7H,1H2,2-3H3. The molecule has 0 spiro atoms. The molecule has 0 unspecified atom stereocenters. The minimum atomic E-state index is 1.14. The number of hydrogen-bond acceptors (Lipinski definition) is 0. The summed E-state index contributed by atoms with van der Waals surface area (Å²) >= 11 is 0. The maximum atomic E-state index is 3.89. The second-order valence-corrected chi connectivity index (χ2v) is 5.19. The van der Waals surface area contributed by atoms with Gasteiger partial charge in [0.2, 0.25) is 0 Å². The molecule has 104 valence electrons. The Hall–Kier alpha value is -2.08. The Bertz CT molecular complexity index is 547. The zero-order chi connectivity index (χ0) is 15.1. The van der Waals surface area contributed by atoms with Crippen LogP contribution in [0.4, 0.5) is 0 Å². The number of aryl methyl sites for hydroxylation is 2. The molecular weight excluding hydrogens is 240 g/mol. The van der Waals surface area contributed by atoms with Crippen LogP contribution in [0.5, 0.6) is 0 Å². The number of allylic oxidation sites excluding steroid dienone is 2.